The third-order valence-corrected chi connectivity index (χ3v) is 5.31. The van der Waals surface area contributed by atoms with Crippen LogP contribution in [0.2, 0.25) is 0 Å². The Bertz CT molecular complexity index is 807. The summed E-state index contributed by atoms with van der Waals surface area (Å²) < 4.78 is 2.80. The molecule has 0 spiro atoms. The van der Waals surface area contributed by atoms with Crippen molar-refractivity contribution < 1.29 is 0 Å². The van der Waals surface area contributed by atoms with Crippen LogP contribution in [0, 0.1) is 0 Å². The summed E-state index contributed by atoms with van der Waals surface area (Å²) in [5, 5.41) is 2.88. The van der Waals surface area contributed by atoms with E-state index >= 15 is 0 Å². The number of hydrogen-bond acceptors (Lipinski definition) is 1. The summed E-state index contributed by atoms with van der Waals surface area (Å²) in [6, 6.07) is 13.7. The summed E-state index contributed by atoms with van der Waals surface area (Å²) in [6.07, 6.45) is 0. The summed E-state index contributed by atoms with van der Waals surface area (Å²) in [5.74, 6) is 0. The lowest BCUT2D eigenvalue weighted by molar-refractivity contribution is 0.591. The molecule has 3 rings (SSSR count). The van der Waals surface area contributed by atoms with Crippen LogP contribution in [0.15, 0.2) is 36.4 Å². The largest absolute Gasteiger partial charge is 0.135 e. The Balaban J connectivity index is 2.42. The normalized spacial score (nSPS) is 13.2. The summed E-state index contributed by atoms with van der Waals surface area (Å²) >= 11 is 1.91. The second kappa shape index (κ2) is 4.58. The van der Waals surface area contributed by atoms with E-state index in [0.29, 0.717) is 0 Å². The quantitative estimate of drug-likeness (QED) is 0.435. The van der Waals surface area contributed by atoms with Gasteiger partial charge in [-0.3, -0.25) is 0 Å². The Morgan fingerprint density at radius 2 is 1.48 bits per heavy atom. The zero-order valence-corrected chi connectivity index (χ0v) is 14.7. The van der Waals surface area contributed by atoms with Gasteiger partial charge in [-0.25, -0.2) is 0 Å². The van der Waals surface area contributed by atoms with Crippen LogP contribution in [0.3, 0.4) is 0 Å². The van der Waals surface area contributed by atoms with E-state index in [4.69, 9.17) is 0 Å². The molecule has 0 amide bonds. The maximum Gasteiger partial charge on any atom is 0.0358 e. The molecule has 0 nitrogen and oxygen atoms in total. The molecule has 3 aromatic rings. The third-order valence-electron chi connectivity index (χ3n) is 4.17. The van der Waals surface area contributed by atoms with Gasteiger partial charge < -0.3 is 0 Å². The fraction of sp³-hybridized carbons (Fsp3) is 0.400. The second-order valence-corrected chi connectivity index (χ2v) is 9.08. The molecular weight excluding hydrogens is 272 g/mol. The molecule has 110 valence electrons. The molecule has 1 heterocycles. The highest BCUT2D eigenvalue weighted by Crippen LogP contribution is 2.41. The van der Waals surface area contributed by atoms with Crippen LogP contribution < -0.4 is 0 Å². The van der Waals surface area contributed by atoms with E-state index in [0.717, 1.165) is 0 Å². The minimum absolute atomic E-state index is 0.172. The van der Waals surface area contributed by atoms with Crippen molar-refractivity contribution in [1.29, 1.82) is 0 Å². The van der Waals surface area contributed by atoms with Gasteiger partial charge in [-0.15, -0.1) is 11.3 Å². The molecule has 0 radical (unpaired) electrons. The fourth-order valence-electron chi connectivity index (χ4n) is 2.92. The van der Waals surface area contributed by atoms with E-state index in [2.05, 4.69) is 77.9 Å². The zero-order valence-electron chi connectivity index (χ0n) is 13.9. The van der Waals surface area contributed by atoms with Crippen molar-refractivity contribution in [2.24, 2.45) is 0 Å². The van der Waals surface area contributed by atoms with Crippen molar-refractivity contribution in [2.45, 2.75) is 52.4 Å². The number of thiophene rings is 1. The molecule has 0 bridgehead atoms. The maximum absolute atomic E-state index is 2.41. The van der Waals surface area contributed by atoms with Crippen LogP contribution in [0.4, 0.5) is 0 Å². The molecule has 21 heavy (non-hydrogen) atoms. The van der Waals surface area contributed by atoms with Gasteiger partial charge in [0.1, 0.15) is 0 Å². The smallest absolute Gasteiger partial charge is 0.0358 e. The molecule has 1 aromatic heterocycles. The highest BCUT2D eigenvalue weighted by atomic mass is 32.1. The average Bonchev–Trinajstić information content (AvgIpc) is 2.73. The summed E-state index contributed by atoms with van der Waals surface area (Å²) in [5.41, 5.74) is 3.24. The minimum atomic E-state index is 0.172. The molecular formula is C20H24S. The molecule has 0 atom stereocenters. The lowest BCUT2D eigenvalue weighted by Gasteiger charge is -2.21. The standard InChI is InChI=1S/C20H24S/c1-19(2,3)13-10-11-16-14(12-13)18-15(20(4,5)6)8-7-9-17(18)21-16/h7-12H,1-6H3. The molecule has 0 aliphatic rings. The predicted molar refractivity (Wildman–Crippen MR) is 96.7 cm³/mol. The zero-order chi connectivity index (χ0) is 15.4. The van der Waals surface area contributed by atoms with E-state index in [1.54, 1.807) is 0 Å². The molecule has 0 aliphatic carbocycles. The molecule has 0 saturated carbocycles. The first-order valence-electron chi connectivity index (χ1n) is 7.64. The Morgan fingerprint density at radius 3 is 2.10 bits per heavy atom. The van der Waals surface area contributed by atoms with Gasteiger partial charge in [0, 0.05) is 20.2 Å². The molecule has 2 aromatic carbocycles. The summed E-state index contributed by atoms with van der Waals surface area (Å²) in [4.78, 5) is 0. The van der Waals surface area contributed by atoms with Gasteiger partial charge in [0.2, 0.25) is 0 Å². The van der Waals surface area contributed by atoms with Crippen LogP contribution in [-0.4, -0.2) is 0 Å². The number of fused-ring (bicyclic) bond motifs is 3. The molecule has 1 heteroatoms. The molecule has 0 aliphatic heterocycles. The first-order chi connectivity index (χ1) is 9.68. The molecule has 0 unspecified atom stereocenters. The minimum Gasteiger partial charge on any atom is -0.135 e. The van der Waals surface area contributed by atoms with Gasteiger partial charge in [-0.1, -0.05) is 59.7 Å². The first-order valence-corrected chi connectivity index (χ1v) is 8.46. The Hall–Kier alpha value is -1.34. The van der Waals surface area contributed by atoms with Crippen molar-refractivity contribution in [3.63, 3.8) is 0 Å². The predicted octanol–water partition coefficient (Wildman–Crippen LogP) is 6.65. The van der Waals surface area contributed by atoms with Gasteiger partial charge in [-0.05, 0) is 40.2 Å². The Labute approximate surface area is 131 Å². The van der Waals surface area contributed by atoms with Gasteiger partial charge in [0.25, 0.3) is 0 Å². The van der Waals surface area contributed by atoms with E-state index in [-0.39, 0.29) is 10.8 Å². The van der Waals surface area contributed by atoms with E-state index in [1.165, 1.54) is 31.3 Å². The number of benzene rings is 2. The third kappa shape index (κ3) is 2.48. The number of rotatable bonds is 0. The van der Waals surface area contributed by atoms with Crippen LogP contribution in [0.1, 0.15) is 52.7 Å². The van der Waals surface area contributed by atoms with Gasteiger partial charge in [-0.2, -0.15) is 0 Å². The van der Waals surface area contributed by atoms with Crippen molar-refractivity contribution in [3.05, 3.63) is 47.5 Å². The van der Waals surface area contributed by atoms with E-state index < -0.39 is 0 Å². The van der Waals surface area contributed by atoms with Gasteiger partial charge in [0.05, 0.1) is 0 Å². The monoisotopic (exact) mass is 296 g/mol. The summed E-state index contributed by atoms with van der Waals surface area (Å²) in [6.45, 7) is 13.8. The van der Waals surface area contributed by atoms with Crippen LogP contribution in [0.25, 0.3) is 20.2 Å². The van der Waals surface area contributed by atoms with Crippen molar-refractivity contribution in [2.75, 3.05) is 0 Å². The van der Waals surface area contributed by atoms with Crippen molar-refractivity contribution in [3.8, 4) is 0 Å². The Kier molecular flexibility index (Phi) is 3.18. The van der Waals surface area contributed by atoms with Crippen LogP contribution in [-0.2, 0) is 10.8 Å². The Morgan fingerprint density at radius 1 is 0.762 bits per heavy atom. The second-order valence-electron chi connectivity index (χ2n) is 7.99. The lowest BCUT2D eigenvalue weighted by Crippen LogP contribution is -2.12. The topological polar surface area (TPSA) is 0 Å². The van der Waals surface area contributed by atoms with Gasteiger partial charge >= 0.3 is 0 Å². The summed E-state index contributed by atoms with van der Waals surface area (Å²) in [7, 11) is 0. The van der Waals surface area contributed by atoms with Crippen LogP contribution >= 0.6 is 11.3 Å². The van der Waals surface area contributed by atoms with Crippen molar-refractivity contribution in [1.82, 2.24) is 0 Å². The van der Waals surface area contributed by atoms with Crippen molar-refractivity contribution >= 4 is 31.5 Å². The fourth-order valence-corrected chi connectivity index (χ4v) is 4.03. The highest BCUT2D eigenvalue weighted by molar-refractivity contribution is 7.25. The van der Waals surface area contributed by atoms with E-state index in [1.807, 2.05) is 11.3 Å². The van der Waals surface area contributed by atoms with Gasteiger partial charge in [0.15, 0.2) is 0 Å². The lowest BCUT2D eigenvalue weighted by atomic mass is 9.83. The van der Waals surface area contributed by atoms with Crippen LogP contribution in [0.5, 0.6) is 0 Å². The molecule has 0 fully saturated rings. The number of hydrogen-bond donors (Lipinski definition) is 0. The SMILES string of the molecule is CC(C)(C)c1ccc2sc3cccc(C(C)(C)C)c3c2c1. The highest BCUT2D eigenvalue weighted by Gasteiger charge is 2.21. The maximum atomic E-state index is 2.41. The molecule has 0 N–H and O–H groups in total. The van der Waals surface area contributed by atoms with E-state index in [9.17, 15) is 0 Å². The average molecular weight is 296 g/mol. The first kappa shape index (κ1) is 14.6. The molecule has 0 saturated heterocycles.